The van der Waals surface area contributed by atoms with Crippen molar-refractivity contribution in [1.82, 2.24) is 4.98 Å². The fourth-order valence-electron chi connectivity index (χ4n) is 2.37. The molecule has 1 aromatic heterocycles. The minimum absolute atomic E-state index is 0.0280. The van der Waals surface area contributed by atoms with Crippen molar-refractivity contribution in [2.75, 3.05) is 24.6 Å². The van der Waals surface area contributed by atoms with Gasteiger partial charge in [-0.1, -0.05) is 0 Å². The number of morpholine rings is 1. The molecule has 2 heterocycles. The molecule has 1 fully saturated rings. The van der Waals surface area contributed by atoms with Gasteiger partial charge in [-0.25, -0.2) is 14.2 Å². The van der Waals surface area contributed by atoms with Crippen LogP contribution < -0.4 is 4.90 Å². The molecule has 0 spiro atoms. The van der Waals surface area contributed by atoms with E-state index < -0.39 is 29.1 Å². The molecule has 20 heavy (non-hydrogen) atoms. The summed E-state index contributed by atoms with van der Waals surface area (Å²) in [5, 5.41) is 18.2. The van der Waals surface area contributed by atoms with Gasteiger partial charge in [-0.15, -0.1) is 0 Å². The molecule has 1 saturated heterocycles. The maximum absolute atomic E-state index is 14.2. The van der Waals surface area contributed by atoms with Crippen molar-refractivity contribution in [3.63, 3.8) is 0 Å². The van der Waals surface area contributed by atoms with E-state index in [1.807, 2.05) is 13.8 Å². The molecule has 1 aromatic rings. The van der Waals surface area contributed by atoms with E-state index >= 15 is 0 Å². The molecule has 6 nitrogen and oxygen atoms in total. The van der Waals surface area contributed by atoms with Gasteiger partial charge >= 0.3 is 5.97 Å². The Labute approximate surface area is 115 Å². The predicted molar refractivity (Wildman–Crippen MR) is 69.4 cm³/mol. The van der Waals surface area contributed by atoms with Crippen molar-refractivity contribution < 1.29 is 24.1 Å². The zero-order valence-corrected chi connectivity index (χ0v) is 11.3. The standard InChI is InChI=1S/C13H17FN2O4/c1-13(2)7-16(5-8(6-17)20-13)11-10(14)9(12(18)19)3-4-15-11/h3-4,8,17H,5-7H2,1-2H3,(H,18,19). The van der Waals surface area contributed by atoms with Crippen LogP contribution in [-0.2, 0) is 4.74 Å². The highest BCUT2D eigenvalue weighted by Crippen LogP contribution is 2.27. The number of nitrogens with zero attached hydrogens (tertiary/aromatic N) is 2. The average Bonchev–Trinajstić information content (AvgIpc) is 2.36. The zero-order chi connectivity index (χ0) is 14.9. The number of aliphatic hydroxyl groups excluding tert-OH is 1. The maximum Gasteiger partial charge on any atom is 0.338 e. The second-order valence-electron chi connectivity index (χ2n) is 5.36. The summed E-state index contributed by atoms with van der Waals surface area (Å²) in [6.45, 7) is 4.06. The molecule has 110 valence electrons. The summed E-state index contributed by atoms with van der Waals surface area (Å²) in [5.74, 6) is -2.23. The highest BCUT2D eigenvalue weighted by molar-refractivity contribution is 5.88. The molecule has 2 N–H and O–H groups in total. The Balaban J connectivity index is 2.35. The monoisotopic (exact) mass is 284 g/mol. The predicted octanol–water partition coefficient (Wildman–Crippen LogP) is 0.895. The summed E-state index contributed by atoms with van der Waals surface area (Å²) in [4.78, 5) is 16.5. The minimum atomic E-state index is -1.34. The Morgan fingerprint density at radius 2 is 2.35 bits per heavy atom. The van der Waals surface area contributed by atoms with Crippen LogP contribution in [0.1, 0.15) is 24.2 Å². The van der Waals surface area contributed by atoms with E-state index in [1.54, 1.807) is 4.90 Å². The van der Waals surface area contributed by atoms with Crippen LogP contribution in [0.25, 0.3) is 0 Å². The Bertz CT molecular complexity index is 521. The van der Waals surface area contributed by atoms with Crippen molar-refractivity contribution >= 4 is 11.8 Å². The number of carbonyl (C=O) groups is 1. The van der Waals surface area contributed by atoms with Gasteiger partial charge in [-0.3, -0.25) is 0 Å². The number of aromatic carboxylic acids is 1. The van der Waals surface area contributed by atoms with Crippen LogP contribution in [0.4, 0.5) is 10.2 Å². The van der Waals surface area contributed by atoms with Crippen molar-refractivity contribution in [1.29, 1.82) is 0 Å². The molecule has 0 radical (unpaired) electrons. The number of pyridine rings is 1. The molecular formula is C13H17FN2O4. The van der Waals surface area contributed by atoms with Gasteiger partial charge in [0.15, 0.2) is 11.6 Å². The largest absolute Gasteiger partial charge is 0.478 e. The van der Waals surface area contributed by atoms with Crippen molar-refractivity contribution in [2.24, 2.45) is 0 Å². The molecule has 7 heteroatoms. The molecule has 1 aliphatic rings. The number of hydrogen-bond donors (Lipinski definition) is 2. The Morgan fingerprint density at radius 1 is 1.65 bits per heavy atom. The average molecular weight is 284 g/mol. The molecular weight excluding hydrogens is 267 g/mol. The lowest BCUT2D eigenvalue weighted by atomic mass is 10.0. The Hall–Kier alpha value is -1.73. The van der Waals surface area contributed by atoms with Gasteiger partial charge in [0.2, 0.25) is 0 Å². The molecule has 1 aliphatic heterocycles. The van der Waals surface area contributed by atoms with Crippen LogP contribution in [0.5, 0.6) is 0 Å². The van der Waals surface area contributed by atoms with Crippen LogP contribution in [0, 0.1) is 5.82 Å². The molecule has 1 unspecified atom stereocenters. The lowest BCUT2D eigenvalue weighted by Gasteiger charge is -2.42. The second-order valence-corrected chi connectivity index (χ2v) is 5.36. The zero-order valence-electron chi connectivity index (χ0n) is 11.3. The summed E-state index contributed by atoms with van der Waals surface area (Å²) >= 11 is 0. The first kappa shape index (κ1) is 14.7. The van der Waals surface area contributed by atoms with E-state index in [4.69, 9.17) is 9.84 Å². The molecule has 0 aromatic carbocycles. The number of carboxylic acid groups (broad SMARTS) is 1. The van der Waals surface area contributed by atoms with Gasteiger partial charge in [0, 0.05) is 19.3 Å². The van der Waals surface area contributed by atoms with Crippen LogP contribution in [-0.4, -0.2) is 52.6 Å². The van der Waals surface area contributed by atoms with Gasteiger partial charge < -0.3 is 19.8 Å². The molecule has 0 saturated carbocycles. The fourth-order valence-corrected chi connectivity index (χ4v) is 2.37. The van der Waals surface area contributed by atoms with Gasteiger partial charge in [-0.05, 0) is 19.9 Å². The normalized spacial score (nSPS) is 21.8. The van der Waals surface area contributed by atoms with Crippen molar-refractivity contribution in [2.45, 2.75) is 25.6 Å². The maximum atomic E-state index is 14.2. The van der Waals surface area contributed by atoms with E-state index in [9.17, 15) is 14.3 Å². The molecule has 0 amide bonds. The minimum Gasteiger partial charge on any atom is -0.478 e. The number of halogens is 1. The highest BCUT2D eigenvalue weighted by atomic mass is 19.1. The van der Waals surface area contributed by atoms with Gasteiger partial charge in [0.1, 0.15) is 5.56 Å². The SMILES string of the molecule is CC1(C)CN(c2nccc(C(=O)O)c2F)CC(CO)O1. The number of hydrogen-bond acceptors (Lipinski definition) is 5. The Kier molecular flexibility index (Phi) is 3.92. The number of aliphatic hydroxyl groups is 1. The van der Waals surface area contributed by atoms with E-state index in [0.717, 1.165) is 6.07 Å². The first-order valence-corrected chi connectivity index (χ1v) is 6.25. The summed E-state index contributed by atoms with van der Waals surface area (Å²) in [6.07, 6.45) is 0.798. The topological polar surface area (TPSA) is 82.9 Å². The van der Waals surface area contributed by atoms with Gasteiger partial charge in [-0.2, -0.15) is 0 Å². The molecule has 0 aliphatic carbocycles. The third-order valence-corrected chi connectivity index (χ3v) is 3.09. The lowest BCUT2D eigenvalue weighted by Crippen LogP contribution is -2.54. The van der Waals surface area contributed by atoms with E-state index in [1.165, 1.54) is 6.20 Å². The summed E-state index contributed by atoms with van der Waals surface area (Å²) < 4.78 is 19.8. The smallest absolute Gasteiger partial charge is 0.338 e. The van der Waals surface area contributed by atoms with Gasteiger partial charge in [0.05, 0.1) is 18.3 Å². The highest BCUT2D eigenvalue weighted by Gasteiger charge is 2.35. The number of anilines is 1. The molecule has 0 bridgehead atoms. The third-order valence-electron chi connectivity index (χ3n) is 3.09. The van der Waals surface area contributed by atoms with Crippen molar-refractivity contribution in [3.05, 3.63) is 23.6 Å². The number of carboxylic acids is 1. The Morgan fingerprint density at radius 3 is 2.95 bits per heavy atom. The molecule has 1 atom stereocenters. The lowest BCUT2D eigenvalue weighted by molar-refractivity contribution is -0.101. The number of rotatable bonds is 3. The first-order chi connectivity index (χ1) is 9.34. The van der Waals surface area contributed by atoms with Crippen LogP contribution >= 0.6 is 0 Å². The van der Waals surface area contributed by atoms with Crippen LogP contribution in [0.3, 0.4) is 0 Å². The summed E-state index contributed by atoms with van der Waals surface area (Å²) in [6, 6.07) is 1.12. The third kappa shape index (κ3) is 2.88. The van der Waals surface area contributed by atoms with Crippen molar-refractivity contribution in [3.8, 4) is 0 Å². The first-order valence-electron chi connectivity index (χ1n) is 6.25. The summed E-state index contributed by atoms with van der Waals surface area (Å²) in [5.41, 5.74) is -1.00. The van der Waals surface area contributed by atoms with E-state index in [2.05, 4.69) is 4.98 Å². The molecule has 2 rings (SSSR count). The van der Waals surface area contributed by atoms with Gasteiger partial charge in [0.25, 0.3) is 0 Å². The summed E-state index contributed by atoms with van der Waals surface area (Å²) in [7, 11) is 0. The van der Waals surface area contributed by atoms with E-state index in [0.29, 0.717) is 6.54 Å². The van der Waals surface area contributed by atoms with Crippen LogP contribution in [0.2, 0.25) is 0 Å². The second kappa shape index (κ2) is 5.34. The van der Waals surface area contributed by atoms with E-state index in [-0.39, 0.29) is 19.0 Å². The number of aromatic nitrogens is 1. The number of ether oxygens (including phenoxy) is 1. The van der Waals surface area contributed by atoms with Crippen LogP contribution in [0.15, 0.2) is 12.3 Å². The fraction of sp³-hybridized carbons (Fsp3) is 0.538. The quantitative estimate of drug-likeness (QED) is 0.858.